The topological polar surface area (TPSA) is 125 Å². The normalized spacial score (nSPS) is 33.6. The van der Waals surface area contributed by atoms with Gasteiger partial charge in [-0.2, -0.15) is 0 Å². The van der Waals surface area contributed by atoms with Crippen LogP contribution in [0.5, 0.6) is 0 Å². The van der Waals surface area contributed by atoms with Crippen molar-refractivity contribution in [1.29, 1.82) is 0 Å². The zero-order valence-corrected chi connectivity index (χ0v) is 8.68. The van der Waals surface area contributed by atoms with Gasteiger partial charge < -0.3 is 20.1 Å². The average Bonchev–Trinajstić information content (AvgIpc) is 2.28. The van der Waals surface area contributed by atoms with E-state index in [4.69, 9.17) is 4.74 Å². The summed E-state index contributed by atoms with van der Waals surface area (Å²) in [5, 5.41) is 28.4. The number of nitrogens with zero attached hydrogens (tertiary/aromatic N) is 1. The molecular formula is C9H12N2O6. The molecule has 1 aliphatic rings. The molecule has 0 aliphatic carbocycles. The van der Waals surface area contributed by atoms with E-state index in [1.54, 1.807) is 0 Å². The van der Waals surface area contributed by atoms with Crippen LogP contribution in [0.25, 0.3) is 0 Å². The molecule has 1 aliphatic heterocycles. The maximum absolute atomic E-state index is 11.4. The summed E-state index contributed by atoms with van der Waals surface area (Å²) in [6, 6.07) is 1.09. The lowest BCUT2D eigenvalue weighted by Crippen LogP contribution is -2.52. The van der Waals surface area contributed by atoms with Crippen LogP contribution in [0.3, 0.4) is 0 Å². The molecule has 8 heteroatoms. The number of rotatable bonds is 1. The molecule has 0 bridgehead atoms. The van der Waals surface area contributed by atoms with Crippen molar-refractivity contribution in [3.63, 3.8) is 0 Å². The Balaban J connectivity index is 2.34. The quantitative estimate of drug-likeness (QED) is 0.421. The molecule has 1 saturated heterocycles. The van der Waals surface area contributed by atoms with Gasteiger partial charge in [0.1, 0.15) is 18.3 Å². The second kappa shape index (κ2) is 4.41. The van der Waals surface area contributed by atoms with Crippen LogP contribution < -0.4 is 11.2 Å². The molecule has 4 atom stereocenters. The first-order chi connectivity index (χ1) is 8.00. The van der Waals surface area contributed by atoms with Gasteiger partial charge in [-0.1, -0.05) is 0 Å². The smallest absolute Gasteiger partial charge is 0.330 e. The number of aromatic amines is 1. The highest BCUT2D eigenvalue weighted by molar-refractivity contribution is 4.90. The van der Waals surface area contributed by atoms with E-state index < -0.39 is 35.8 Å². The summed E-state index contributed by atoms with van der Waals surface area (Å²) in [4.78, 5) is 24.3. The fourth-order valence-electron chi connectivity index (χ4n) is 1.66. The van der Waals surface area contributed by atoms with Gasteiger partial charge in [0.2, 0.25) is 0 Å². The van der Waals surface area contributed by atoms with Crippen molar-refractivity contribution in [2.24, 2.45) is 0 Å². The van der Waals surface area contributed by atoms with Crippen LogP contribution in [0.2, 0.25) is 0 Å². The molecule has 2 rings (SSSR count). The zero-order valence-electron chi connectivity index (χ0n) is 8.68. The van der Waals surface area contributed by atoms with Crippen LogP contribution in [-0.4, -0.2) is 49.8 Å². The fraction of sp³-hybridized carbons (Fsp3) is 0.556. The molecule has 0 spiro atoms. The lowest BCUT2D eigenvalue weighted by Gasteiger charge is -2.35. The van der Waals surface area contributed by atoms with Gasteiger partial charge in [-0.15, -0.1) is 0 Å². The third-order valence-corrected chi connectivity index (χ3v) is 2.60. The maximum Gasteiger partial charge on any atom is 0.330 e. The van der Waals surface area contributed by atoms with Gasteiger partial charge in [0.15, 0.2) is 6.23 Å². The molecule has 0 unspecified atom stereocenters. The number of hydrogen-bond donors (Lipinski definition) is 4. The van der Waals surface area contributed by atoms with Crippen LogP contribution in [0.4, 0.5) is 0 Å². The van der Waals surface area contributed by atoms with Crippen LogP contribution in [0.15, 0.2) is 21.9 Å². The number of hydrogen-bond acceptors (Lipinski definition) is 6. The van der Waals surface area contributed by atoms with Crippen molar-refractivity contribution in [2.45, 2.75) is 24.5 Å². The van der Waals surface area contributed by atoms with Crippen molar-refractivity contribution < 1.29 is 20.1 Å². The highest BCUT2D eigenvalue weighted by atomic mass is 16.5. The van der Waals surface area contributed by atoms with Gasteiger partial charge in [-0.25, -0.2) is 4.79 Å². The van der Waals surface area contributed by atoms with E-state index in [1.165, 1.54) is 0 Å². The fourth-order valence-corrected chi connectivity index (χ4v) is 1.66. The van der Waals surface area contributed by atoms with Crippen LogP contribution in [0.1, 0.15) is 6.23 Å². The summed E-state index contributed by atoms with van der Waals surface area (Å²) >= 11 is 0. The molecule has 0 amide bonds. The monoisotopic (exact) mass is 244 g/mol. The first-order valence-corrected chi connectivity index (χ1v) is 4.98. The summed E-state index contributed by atoms with van der Waals surface area (Å²) in [6.07, 6.45) is -4.06. The van der Waals surface area contributed by atoms with Crippen molar-refractivity contribution in [3.05, 3.63) is 33.1 Å². The van der Waals surface area contributed by atoms with Gasteiger partial charge in [0.05, 0.1) is 6.61 Å². The van der Waals surface area contributed by atoms with Crippen molar-refractivity contribution in [3.8, 4) is 0 Å². The van der Waals surface area contributed by atoms with E-state index in [0.29, 0.717) is 0 Å². The predicted molar refractivity (Wildman–Crippen MR) is 54.3 cm³/mol. The highest BCUT2D eigenvalue weighted by Crippen LogP contribution is 2.22. The second-order valence-electron chi connectivity index (χ2n) is 3.79. The third-order valence-electron chi connectivity index (χ3n) is 2.60. The molecule has 0 aromatic carbocycles. The largest absolute Gasteiger partial charge is 0.388 e. The van der Waals surface area contributed by atoms with E-state index in [1.807, 2.05) is 4.98 Å². The minimum Gasteiger partial charge on any atom is -0.388 e. The standard InChI is InChI=1S/C9H12N2O6/c12-4-3-17-8(7(15)6(4)14)11-2-1-5(13)10-9(11)16/h1-2,4,6-8,12,14-15H,3H2,(H,10,13,16)/t4-,6-,7+,8-/m1/s1. The van der Waals surface area contributed by atoms with Crippen molar-refractivity contribution in [1.82, 2.24) is 9.55 Å². The first kappa shape index (κ1) is 12.0. The number of aliphatic hydroxyl groups is 3. The minimum absolute atomic E-state index is 0.214. The molecule has 17 heavy (non-hydrogen) atoms. The Labute approximate surface area is 94.7 Å². The maximum atomic E-state index is 11.4. The summed E-state index contributed by atoms with van der Waals surface area (Å²) in [5.41, 5.74) is -1.33. The summed E-state index contributed by atoms with van der Waals surface area (Å²) in [5.74, 6) is 0. The van der Waals surface area contributed by atoms with E-state index >= 15 is 0 Å². The van der Waals surface area contributed by atoms with Gasteiger partial charge >= 0.3 is 5.69 Å². The van der Waals surface area contributed by atoms with E-state index in [2.05, 4.69) is 0 Å². The molecule has 1 aromatic heterocycles. The van der Waals surface area contributed by atoms with Gasteiger partial charge in [-0.05, 0) is 0 Å². The number of aliphatic hydroxyl groups excluding tert-OH is 3. The Morgan fingerprint density at radius 3 is 2.65 bits per heavy atom. The highest BCUT2D eigenvalue weighted by Gasteiger charge is 2.38. The average molecular weight is 244 g/mol. The van der Waals surface area contributed by atoms with Gasteiger partial charge in [0, 0.05) is 12.3 Å². The second-order valence-corrected chi connectivity index (χ2v) is 3.79. The van der Waals surface area contributed by atoms with Crippen LogP contribution >= 0.6 is 0 Å². The molecular weight excluding hydrogens is 232 g/mol. The van der Waals surface area contributed by atoms with E-state index in [0.717, 1.165) is 16.8 Å². The van der Waals surface area contributed by atoms with Crippen molar-refractivity contribution in [2.75, 3.05) is 6.61 Å². The van der Waals surface area contributed by atoms with Gasteiger partial charge in [-0.3, -0.25) is 14.3 Å². The lowest BCUT2D eigenvalue weighted by molar-refractivity contribution is -0.212. The molecule has 8 nitrogen and oxygen atoms in total. The summed E-state index contributed by atoms with van der Waals surface area (Å²) < 4.78 is 6.01. The number of aromatic nitrogens is 2. The molecule has 94 valence electrons. The van der Waals surface area contributed by atoms with E-state index in [9.17, 15) is 24.9 Å². The molecule has 1 fully saturated rings. The lowest BCUT2D eigenvalue weighted by atomic mass is 10.0. The molecule has 2 heterocycles. The minimum atomic E-state index is -1.46. The molecule has 0 radical (unpaired) electrons. The van der Waals surface area contributed by atoms with Gasteiger partial charge in [0.25, 0.3) is 5.56 Å². The Hall–Kier alpha value is -1.48. The Kier molecular flexibility index (Phi) is 3.11. The number of H-pyrrole nitrogens is 1. The molecule has 0 saturated carbocycles. The zero-order chi connectivity index (χ0) is 12.6. The Morgan fingerprint density at radius 1 is 1.29 bits per heavy atom. The SMILES string of the molecule is O=c1ccn([C@@H]2OC[C@@H](O)[C@@H](O)[C@@H]2O)c(=O)[nH]1. The Bertz CT molecular complexity index is 509. The molecule has 1 aromatic rings. The molecule has 4 N–H and O–H groups in total. The predicted octanol–water partition coefficient (Wildman–Crippen LogP) is -2.85. The summed E-state index contributed by atoms with van der Waals surface area (Å²) in [7, 11) is 0. The third kappa shape index (κ3) is 2.15. The Morgan fingerprint density at radius 2 is 2.00 bits per heavy atom. The number of nitrogens with one attached hydrogen (secondary N) is 1. The van der Waals surface area contributed by atoms with Crippen molar-refractivity contribution >= 4 is 0 Å². The first-order valence-electron chi connectivity index (χ1n) is 4.98. The number of ether oxygens (including phenoxy) is 1. The van der Waals surface area contributed by atoms with Crippen LogP contribution in [0, 0.1) is 0 Å². The summed E-state index contributed by atoms with van der Waals surface area (Å²) in [6.45, 7) is -0.214. The van der Waals surface area contributed by atoms with E-state index in [-0.39, 0.29) is 6.61 Å². The van der Waals surface area contributed by atoms with Crippen LogP contribution in [-0.2, 0) is 4.74 Å².